The highest BCUT2D eigenvalue weighted by Gasteiger charge is 2.31. The number of aliphatic imine (C=N–C) groups is 1. The van der Waals surface area contributed by atoms with Crippen molar-refractivity contribution < 1.29 is 8.78 Å². The van der Waals surface area contributed by atoms with E-state index in [1.165, 1.54) is 12.1 Å². The van der Waals surface area contributed by atoms with Gasteiger partial charge in [0.15, 0.2) is 5.96 Å². The van der Waals surface area contributed by atoms with Crippen LogP contribution in [0.15, 0.2) is 23.2 Å². The molecule has 3 saturated heterocycles. The summed E-state index contributed by atoms with van der Waals surface area (Å²) in [5, 5.41) is 6.50. The van der Waals surface area contributed by atoms with Crippen molar-refractivity contribution in [3.63, 3.8) is 0 Å². The lowest BCUT2D eigenvalue weighted by Crippen LogP contribution is -2.63. The Bertz CT molecular complexity index is 599. The van der Waals surface area contributed by atoms with Crippen LogP contribution in [0.25, 0.3) is 0 Å². The molecule has 24 heavy (non-hydrogen) atoms. The third-order valence-corrected chi connectivity index (χ3v) is 4.90. The molecule has 5 nitrogen and oxygen atoms in total. The normalized spacial score (nSPS) is 27.8. The van der Waals surface area contributed by atoms with Gasteiger partial charge in [0.1, 0.15) is 11.6 Å². The monoisotopic (exact) mass is 337 g/mol. The third kappa shape index (κ3) is 3.84. The van der Waals surface area contributed by atoms with Crippen molar-refractivity contribution in [2.24, 2.45) is 4.99 Å². The second-order valence-corrected chi connectivity index (χ2v) is 6.48. The van der Waals surface area contributed by atoms with Crippen LogP contribution >= 0.6 is 0 Å². The van der Waals surface area contributed by atoms with Gasteiger partial charge in [-0.15, -0.1) is 0 Å². The number of guanidine groups is 1. The summed E-state index contributed by atoms with van der Waals surface area (Å²) in [7, 11) is 1.69. The summed E-state index contributed by atoms with van der Waals surface area (Å²) >= 11 is 0. The van der Waals surface area contributed by atoms with Crippen LogP contribution in [0.2, 0.25) is 0 Å². The van der Waals surface area contributed by atoms with Crippen molar-refractivity contribution >= 4 is 5.96 Å². The fourth-order valence-corrected chi connectivity index (χ4v) is 3.46. The van der Waals surface area contributed by atoms with Crippen molar-refractivity contribution in [3.8, 4) is 0 Å². The Morgan fingerprint density at radius 1 is 1.29 bits per heavy atom. The van der Waals surface area contributed by atoms with Crippen molar-refractivity contribution in [1.29, 1.82) is 0 Å². The van der Waals surface area contributed by atoms with Gasteiger partial charge < -0.3 is 10.6 Å². The zero-order valence-electron chi connectivity index (χ0n) is 14.2. The molecule has 0 radical (unpaired) electrons. The summed E-state index contributed by atoms with van der Waals surface area (Å²) in [6.45, 7) is 8.27. The summed E-state index contributed by atoms with van der Waals surface area (Å²) in [5.74, 6) is -0.486. The Morgan fingerprint density at radius 2 is 2.04 bits per heavy atom. The number of hydrogen-bond acceptors (Lipinski definition) is 3. The zero-order valence-corrected chi connectivity index (χ0v) is 14.2. The Labute approximate surface area is 141 Å². The molecule has 0 aromatic heterocycles. The molecule has 7 heteroatoms. The number of nitrogens with one attached hydrogen (secondary N) is 2. The van der Waals surface area contributed by atoms with E-state index in [0.717, 1.165) is 45.3 Å². The maximum Gasteiger partial charge on any atom is 0.191 e. The summed E-state index contributed by atoms with van der Waals surface area (Å²) < 4.78 is 26.9. The van der Waals surface area contributed by atoms with Crippen LogP contribution < -0.4 is 10.6 Å². The van der Waals surface area contributed by atoms with E-state index >= 15 is 0 Å². The topological polar surface area (TPSA) is 42.9 Å². The maximum atomic E-state index is 13.9. The molecule has 2 N–H and O–H groups in total. The van der Waals surface area contributed by atoms with Gasteiger partial charge in [0.05, 0.1) is 6.04 Å². The smallest absolute Gasteiger partial charge is 0.191 e. The molecule has 3 heterocycles. The molecule has 1 aromatic rings. The third-order valence-electron chi connectivity index (χ3n) is 4.90. The van der Waals surface area contributed by atoms with Crippen LogP contribution in [0.1, 0.15) is 18.5 Å². The molecule has 0 saturated carbocycles. The first-order chi connectivity index (χ1) is 11.6. The standard InChI is InChI=1S/C17H25F2N5/c1-12(15-4-3-13(18)9-16(15)19)22-17(20-2)21-10-14-11-23-5-7-24(14)8-6-23/h3-4,9,12,14H,5-8,10-11H2,1-2H3,(H2,20,21,22). The molecule has 0 aliphatic carbocycles. The number of hydrogen-bond donors (Lipinski definition) is 2. The van der Waals surface area contributed by atoms with Crippen LogP contribution in [-0.4, -0.2) is 68.1 Å². The number of halogens is 2. The van der Waals surface area contributed by atoms with Crippen LogP contribution in [0, 0.1) is 11.6 Å². The second-order valence-electron chi connectivity index (χ2n) is 6.48. The van der Waals surface area contributed by atoms with Gasteiger partial charge in [-0.1, -0.05) is 6.07 Å². The first kappa shape index (κ1) is 17.1. The van der Waals surface area contributed by atoms with Crippen LogP contribution in [-0.2, 0) is 0 Å². The van der Waals surface area contributed by atoms with Gasteiger partial charge in [0, 0.05) is 64.0 Å². The molecule has 4 rings (SSSR count). The molecule has 0 amide bonds. The predicted molar refractivity (Wildman–Crippen MR) is 91.1 cm³/mol. The van der Waals surface area contributed by atoms with Gasteiger partial charge in [0.25, 0.3) is 0 Å². The highest BCUT2D eigenvalue weighted by Crippen LogP contribution is 2.18. The van der Waals surface area contributed by atoms with Crippen LogP contribution in [0.4, 0.5) is 8.78 Å². The average molecular weight is 337 g/mol. The highest BCUT2D eigenvalue weighted by atomic mass is 19.1. The summed E-state index contributed by atoms with van der Waals surface area (Å²) in [6, 6.07) is 3.82. The minimum absolute atomic E-state index is 0.302. The summed E-state index contributed by atoms with van der Waals surface area (Å²) in [6.07, 6.45) is 0. The number of rotatable bonds is 4. The SMILES string of the molecule is CN=C(NCC1CN2CCN1CC2)NC(C)c1ccc(F)cc1F. The first-order valence-corrected chi connectivity index (χ1v) is 8.45. The van der Waals surface area contributed by atoms with E-state index in [0.29, 0.717) is 17.6 Å². The van der Waals surface area contributed by atoms with E-state index in [1.54, 1.807) is 7.05 Å². The van der Waals surface area contributed by atoms with E-state index in [2.05, 4.69) is 25.4 Å². The fourth-order valence-electron chi connectivity index (χ4n) is 3.46. The van der Waals surface area contributed by atoms with Gasteiger partial charge in [-0.25, -0.2) is 8.78 Å². The van der Waals surface area contributed by atoms with Crippen LogP contribution in [0.5, 0.6) is 0 Å². The quantitative estimate of drug-likeness (QED) is 0.640. The molecule has 2 unspecified atom stereocenters. The van der Waals surface area contributed by atoms with Gasteiger partial charge in [-0.05, 0) is 13.0 Å². The average Bonchev–Trinajstić information content (AvgIpc) is 2.59. The number of fused-ring (bicyclic) bond motifs is 3. The number of piperazine rings is 3. The molecule has 2 atom stereocenters. The number of benzene rings is 1. The molecule has 1 aromatic carbocycles. The molecule has 132 valence electrons. The molecular weight excluding hydrogens is 312 g/mol. The Morgan fingerprint density at radius 3 is 2.62 bits per heavy atom. The van der Waals surface area contributed by atoms with Crippen molar-refractivity contribution in [2.45, 2.75) is 19.0 Å². The van der Waals surface area contributed by atoms with Crippen molar-refractivity contribution in [2.75, 3.05) is 46.3 Å². The Hall–Kier alpha value is -1.73. The van der Waals surface area contributed by atoms with E-state index < -0.39 is 11.6 Å². The largest absolute Gasteiger partial charge is 0.355 e. The lowest BCUT2D eigenvalue weighted by molar-refractivity contribution is 0.0154. The molecule has 3 fully saturated rings. The summed E-state index contributed by atoms with van der Waals surface area (Å²) in [5.41, 5.74) is 0.422. The lowest BCUT2D eigenvalue weighted by atomic mass is 10.1. The predicted octanol–water partition coefficient (Wildman–Crippen LogP) is 1.19. The zero-order chi connectivity index (χ0) is 17.1. The molecule has 0 spiro atoms. The Balaban J connectivity index is 1.55. The minimum atomic E-state index is -0.567. The van der Waals surface area contributed by atoms with E-state index in [9.17, 15) is 8.78 Å². The fraction of sp³-hybridized carbons (Fsp3) is 0.588. The van der Waals surface area contributed by atoms with Crippen molar-refractivity contribution in [1.82, 2.24) is 20.4 Å². The van der Waals surface area contributed by atoms with Crippen molar-refractivity contribution in [3.05, 3.63) is 35.4 Å². The minimum Gasteiger partial charge on any atom is -0.355 e. The van der Waals surface area contributed by atoms with E-state index in [-0.39, 0.29) is 6.04 Å². The van der Waals surface area contributed by atoms with Gasteiger partial charge in [0.2, 0.25) is 0 Å². The molecular formula is C17H25F2N5. The molecule has 3 aliphatic rings. The van der Waals surface area contributed by atoms with Gasteiger partial charge in [-0.3, -0.25) is 14.8 Å². The number of nitrogens with zero attached hydrogens (tertiary/aromatic N) is 3. The van der Waals surface area contributed by atoms with Crippen LogP contribution in [0.3, 0.4) is 0 Å². The first-order valence-electron chi connectivity index (χ1n) is 8.45. The van der Waals surface area contributed by atoms with Gasteiger partial charge >= 0.3 is 0 Å². The summed E-state index contributed by atoms with van der Waals surface area (Å²) in [4.78, 5) is 9.20. The Kier molecular flexibility index (Phi) is 5.30. The van der Waals surface area contributed by atoms with E-state index in [4.69, 9.17) is 0 Å². The molecule has 3 aliphatic heterocycles. The second kappa shape index (κ2) is 7.44. The maximum absolute atomic E-state index is 13.9. The van der Waals surface area contributed by atoms with Gasteiger partial charge in [-0.2, -0.15) is 0 Å². The lowest BCUT2D eigenvalue weighted by Gasteiger charge is -2.47. The highest BCUT2D eigenvalue weighted by molar-refractivity contribution is 5.80. The van der Waals surface area contributed by atoms with E-state index in [1.807, 2.05) is 6.92 Å². The molecule has 2 bridgehead atoms.